The van der Waals surface area contributed by atoms with Crippen LogP contribution in [0.2, 0.25) is 10.0 Å². The minimum atomic E-state index is -3.71. The molecule has 2 N–H and O–H groups in total. The van der Waals surface area contributed by atoms with Crippen LogP contribution in [0.5, 0.6) is 0 Å². The molecule has 0 bridgehead atoms. The summed E-state index contributed by atoms with van der Waals surface area (Å²) in [5.41, 5.74) is 5.91. The summed E-state index contributed by atoms with van der Waals surface area (Å²) in [5.74, 6) is 0.154. The maximum atomic E-state index is 12.8. The fraction of sp³-hybridized carbons (Fsp3) is 0.538. The van der Waals surface area contributed by atoms with Crippen molar-refractivity contribution in [3.05, 3.63) is 26.7 Å². The van der Waals surface area contributed by atoms with E-state index in [1.54, 1.807) is 0 Å². The highest BCUT2D eigenvalue weighted by Gasteiger charge is 2.34. The first-order chi connectivity index (χ1) is 9.73. The number of hydrogen-bond acceptors (Lipinski definition) is 3. The second-order valence-corrected chi connectivity index (χ2v) is 8.93. The number of hydrogen-bond donors (Lipinski definition) is 1. The van der Waals surface area contributed by atoms with Gasteiger partial charge in [-0.25, -0.2) is 8.42 Å². The molecule has 1 fully saturated rings. The van der Waals surface area contributed by atoms with Gasteiger partial charge >= 0.3 is 0 Å². The Hall–Kier alpha value is 0.150. The largest absolute Gasteiger partial charge is 0.328 e. The highest BCUT2D eigenvalue weighted by Crippen LogP contribution is 2.36. The molecule has 8 heteroatoms. The first-order valence-corrected chi connectivity index (χ1v) is 9.62. The summed E-state index contributed by atoms with van der Waals surface area (Å²) in [6.45, 7) is 2.78. The molecule has 21 heavy (non-hydrogen) atoms. The zero-order valence-corrected chi connectivity index (χ0v) is 15.4. The van der Waals surface area contributed by atoms with Crippen LogP contribution in [0.15, 0.2) is 21.5 Å². The molecular weight excluding hydrogens is 399 g/mol. The van der Waals surface area contributed by atoms with Crippen LogP contribution in [0.1, 0.15) is 19.8 Å². The lowest BCUT2D eigenvalue weighted by molar-refractivity contribution is 0.243. The Morgan fingerprint density at radius 1 is 1.38 bits per heavy atom. The minimum absolute atomic E-state index is 0.0284. The molecule has 0 amide bonds. The number of sulfonamides is 1. The normalized spacial score (nSPS) is 22.2. The van der Waals surface area contributed by atoms with E-state index in [9.17, 15) is 8.42 Å². The Morgan fingerprint density at radius 2 is 1.95 bits per heavy atom. The van der Waals surface area contributed by atoms with Crippen molar-refractivity contribution in [2.24, 2.45) is 11.7 Å². The van der Waals surface area contributed by atoms with Gasteiger partial charge in [-0.15, -0.1) is 0 Å². The fourth-order valence-corrected chi connectivity index (χ4v) is 5.95. The molecule has 1 aromatic carbocycles. The van der Waals surface area contributed by atoms with Crippen LogP contribution < -0.4 is 5.73 Å². The van der Waals surface area contributed by atoms with Gasteiger partial charge in [-0.05, 0) is 37.8 Å². The highest BCUT2D eigenvalue weighted by atomic mass is 79.9. The van der Waals surface area contributed by atoms with Crippen molar-refractivity contribution in [3.63, 3.8) is 0 Å². The number of halogens is 3. The topological polar surface area (TPSA) is 63.4 Å². The van der Waals surface area contributed by atoms with Crippen LogP contribution in [0.4, 0.5) is 0 Å². The van der Waals surface area contributed by atoms with E-state index in [1.807, 2.05) is 6.92 Å². The van der Waals surface area contributed by atoms with E-state index in [2.05, 4.69) is 15.9 Å². The molecule has 2 atom stereocenters. The van der Waals surface area contributed by atoms with Gasteiger partial charge in [-0.3, -0.25) is 0 Å². The summed E-state index contributed by atoms with van der Waals surface area (Å²) in [4.78, 5) is -0.0284. The fourth-order valence-electron chi connectivity index (χ4n) is 2.53. The molecule has 1 aliphatic rings. The lowest BCUT2D eigenvalue weighted by atomic mass is 9.93. The van der Waals surface area contributed by atoms with E-state index < -0.39 is 10.0 Å². The number of nitrogens with zero attached hydrogens (tertiary/aromatic N) is 1. The monoisotopic (exact) mass is 414 g/mol. The summed E-state index contributed by atoms with van der Waals surface area (Å²) in [6, 6.07) is 3.03. The van der Waals surface area contributed by atoms with E-state index in [1.165, 1.54) is 16.4 Å². The Balaban J connectivity index is 2.39. The Bertz CT molecular complexity index is 614. The third kappa shape index (κ3) is 3.74. The molecule has 0 saturated carbocycles. The third-order valence-corrected chi connectivity index (χ3v) is 6.97. The van der Waals surface area contributed by atoms with Crippen molar-refractivity contribution in [1.29, 1.82) is 0 Å². The number of piperidine rings is 1. The lowest BCUT2D eigenvalue weighted by Gasteiger charge is -2.34. The first-order valence-electron chi connectivity index (χ1n) is 6.63. The second kappa shape index (κ2) is 6.72. The SMILES string of the molecule is CC(N)C1CCCN(S(=O)(=O)c2c(Cl)cc(Br)cc2Cl)C1. The number of benzene rings is 1. The van der Waals surface area contributed by atoms with Gasteiger partial charge in [0.25, 0.3) is 0 Å². The second-order valence-electron chi connectivity index (χ2n) is 5.32. The van der Waals surface area contributed by atoms with Crippen LogP contribution in [0.25, 0.3) is 0 Å². The molecule has 118 valence electrons. The summed E-state index contributed by atoms with van der Waals surface area (Å²) in [7, 11) is -3.71. The molecule has 0 aliphatic carbocycles. The van der Waals surface area contributed by atoms with Gasteiger partial charge in [0.1, 0.15) is 4.90 Å². The predicted molar refractivity (Wildman–Crippen MR) is 89.3 cm³/mol. The van der Waals surface area contributed by atoms with Crippen molar-refractivity contribution >= 4 is 49.2 Å². The maximum Gasteiger partial charge on any atom is 0.246 e. The van der Waals surface area contributed by atoms with Gasteiger partial charge < -0.3 is 5.73 Å². The molecular formula is C13H17BrCl2N2O2S. The molecule has 1 heterocycles. The third-order valence-electron chi connectivity index (χ3n) is 3.73. The van der Waals surface area contributed by atoms with E-state index in [0.717, 1.165) is 12.8 Å². The molecule has 1 aliphatic heterocycles. The summed E-state index contributed by atoms with van der Waals surface area (Å²) >= 11 is 15.4. The van der Waals surface area contributed by atoms with Crippen molar-refractivity contribution in [1.82, 2.24) is 4.31 Å². The Morgan fingerprint density at radius 3 is 2.48 bits per heavy atom. The molecule has 0 radical (unpaired) electrons. The van der Waals surface area contributed by atoms with Gasteiger partial charge in [0, 0.05) is 23.6 Å². The van der Waals surface area contributed by atoms with E-state index in [-0.39, 0.29) is 26.9 Å². The quantitative estimate of drug-likeness (QED) is 0.821. The predicted octanol–water partition coefficient (Wildman–Crippen LogP) is 3.50. The van der Waals surface area contributed by atoms with Crippen LogP contribution in [-0.4, -0.2) is 31.9 Å². The lowest BCUT2D eigenvalue weighted by Crippen LogP contribution is -2.45. The average molecular weight is 416 g/mol. The molecule has 1 saturated heterocycles. The minimum Gasteiger partial charge on any atom is -0.328 e. The van der Waals surface area contributed by atoms with Gasteiger partial charge in [0.05, 0.1) is 10.0 Å². The number of nitrogens with two attached hydrogens (primary N) is 1. The van der Waals surface area contributed by atoms with E-state index in [4.69, 9.17) is 28.9 Å². The van der Waals surface area contributed by atoms with Crippen LogP contribution in [0, 0.1) is 5.92 Å². The zero-order valence-electron chi connectivity index (χ0n) is 11.5. The van der Waals surface area contributed by atoms with Crippen molar-refractivity contribution in [2.45, 2.75) is 30.7 Å². The van der Waals surface area contributed by atoms with Gasteiger partial charge in [-0.2, -0.15) is 4.31 Å². The smallest absolute Gasteiger partial charge is 0.246 e. The number of rotatable bonds is 3. The van der Waals surface area contributed by atoms with Crippen LogP contribution >= 0.6 is 39.1 Å². The summed E-state index contributed by atoms with van der Waals surface area (Å²) < 4.78 is 27.7. The van der Waals surface area contributed by atoms with Gasteiger partial charge in [-0.1, -0.05) is 39.1 Å². The zero-order chi connectivity index (χ0) is 15.8. The summed E-state index contributed by atoms with van der Waals surface area (Å²) in [6.07, 6.45) is 1.72. The molecule has 0 aromatic heterocycles. The molecule has 4 nitrogen and oxygen atoms in total. The van der Waals surface area contributed by atoms with E-state index in [0.29, 0.717) is 17.6 Å². The highest BCUT2D eigenvalue weighted by molar-refractivity contribution is 9.10. The molecule has 2 rings (SSSR count). The summed E-state index contributed by atoms with van der Waals surface area (Å²) in [5, 5.41) is 0.245. The molecule has 1 aromatic rings. The van der Waals surface area contributed by atoms with Crippen LogP contribution in [0.3, 0.4) is 0 Å². The van der Waals surface area contributed by atoms with Crippen molar-refractivity contribution in [2.75, 3.05) is 13.1 Å². The van der Waals surface area contributed by atoms with Gasteiger partial charge in [0.2, 0.25) is 10.0 Å². The van der Waals surface area contributed by atoms with Crippen molar-refractivity contribution in [3.8, 4) is 0 Å². The molecule has 0 spiro atoms. The Kier molecular flexibility index (Phi) is 5.60. The first kappa shape index (κ1) is 17.5. The molecule has 2 unspecified atom stereocenters. The average Bonchev–Trinajstić information content (AvgIpc) is 2.37. The van der Waals surface area contributed by atoms with E-state index >= 15 is 0 Å². The Labute approximate surface area is 143 Å². The van der Waals surface area contributed by atoms with Crippen LogP contribution in [-0.2, 0) is 10.0 Å². The maximum absolute atomic E-state index is 12.8. The van der Waals surface area contributed by atoms with Crippen molar-refractivity contribution < 1.29 is 8.42 Å². The van der Waals surface area contributed by atoms with Gasteiger partial charge in [0.15, 0.2) is 0 Å². The standard InChI is InChI=1S/C13H17BrCl2N2O2S/c1-8(17)9-3-2-4-18(7-9)21(19,20)13-11(15)5-10(14)6-12(13)16/h5-6,8-9H,2-4,7,17H2,1H3.